The lowest BCUT2D eigenvalue weighted by Gasteiger charge is -2.39. The first-order chi connectivity index (χ1) is 13.1. The maximum absolute atomic E-state index is 13.3. The number of amides is 1. The fourth-order valence-electron chi connectivity index (χ4n) is 3.64. The molecule has 1 aliphatic rings. The Labute approximate surface area is 161 Å². The summed E-state index contributed by atoms with van der Waals surface area (Å²) in [5.41, 5.74) is 1.67. The van der Waals surface area contributed by atoms with Crippen LogP contribution in [-0.4, -0.2) is 42.7 Å². The molecule has 1 fully saturated rings. The number of para-hydroxylation sites is 2. The van der Waals surface area contributed by atoms with Crippen LogP contribution in [0, 0.1) is 0 Å². The Bertz CT molecular complexity index is 740. The number of nitrogens with zero attached hydrogens (tertiary/aromatic N) is 1. The second-order valence-corrected chi connectivity index (χ2v) is 6.94. The molecule has 1 heterocycles. The number of anilines is 1. The van der Waals surface area contributed by atoms with Gasteiger partial charge in [0, 0.05) is 13.1 Å². The zero-order valence-electron chi connectivity index (χ0n) is 16.2. The largest absolute Gasteiger partial charge is 0.492 e. The summed E-state index contributed by atoms with van der Waals surface area (Å²) in [7, 11) is 0. The average molecular weight is 368 g/mol. The Morgan fingerprint density at radius 2 is 1.74 bits per heavy atom. The van der Waals surface area contributed by atoms with Crippen molar-refractivity contribution in [3.63, 3.8) is 0 Å². The van der Waals surface area contributed by atoms with Crippen LogP contribution in [0.1, 0.15) is 32.4 Å². The number of hydrogen-bond acceptors (Lipinski definition) is 4. The van der Waals surface area contributed by atoms with Crippen molar-refractivity contribution in [2.24, 2.45) is 0 Å². The van der Waals surface area contributed by atoms with Crippen LogP contribution in [0.4, 0.5) is 5.69 Å². The number of rotatable bonds is 6. The van der Waals surface area contributed by atoms with Crippen LogP contribution in [0.25, 0.3) is 0 Å². The molecule has 0 radical (unpaired) electrons. The van der Waals surface area contributed by atoms with Gasteiger partial charge in [0.15, 0.2) is 0 Å². The Morgan fingerprint density at radius 3 is 2.41 bits per heavy atom. The van der Waals surface area contributed by atoms with Gasteiger partial charge in [0.05, 0.1) is 24.5 Å². The minimum Gasteiger partial charge on any atom is -0.492 e. The molecule has 0 aromatic heterocycles. The average Bonchev–Trinajstić information content (AvgIpc) is 2.64. The highest BCUT2D eigenvalue weighted by atomic mass is 16.5. The standard InChI is InChI=1S/C22H28N2O3/c1-4-26-20-13-9-8-12-19(20)23-22(25)21(18-10-6-5-7-11-18)24-14-16(2)27-17(3)15-24/h5-13,16-17,21H,4,14-15H2,1-3H3,(H,23,25)/t16-,17-,21-/m1/s1. The molecule has 27 heavy (non-hydrogen) atoms. The third-order valence-corrected chi connectivity index (χ3v) is 4.62. The third-order valence-electron chi connectivity index (χ3n) is 4.62. The van der Waals surface area contributed by atoms with Crippen LogP contribution in [0.15, 0.2) is 54.6 Å². The lowest BCUT2D eigenvalue weighted by Crippen LogP contribution is -2.49. The summed E-state index contributed by atoms with van der Waals surface area (Å²) < 4.78 is 11.5. The van der Waals surface area contributed by atoms with Crippen LogP contribution in [0.3, 0.4) is 0 Å². The number of benzene rings is 2. The monoisotopic (exact) mass is 368 g/mol. The number of morpholine rings is 1. The highest BCUT2D eigenvalue weighted by Gasteiger charge is 2.33. The fourth-order valence-corrected chi connectivity index (χ4v) is 3.64. The molecule has 1 amide bonds. The van der Waals surface area contributed by atoms with Gasteiger partial charge in [-0.3, -0.25) is 9.69 Å². The second-order valence-electron chi connectivity index (χ2n) is 6.94. The summed E-state index contributed by atoms with van der Waals surface area (Å²) in [5, 5.41) is 3.07. The van der Waals surface area contributed by atoms with Crippen molar-refractivity contribution < 1.29 is 14.3 Å². The molecule has 2 aromatic rings. The zero-order chi connectivity index (χ0) is 19.2. The molecule has 1 aliphatic heterocycles. The summed E-state index contributed by atoms with van der Waals surface area (Å²) in [6.07, 6.45) is 0.173. The van der Waals surface area contributed by atoms with Gasteiger partial charge in [0.25, 0.3) is 0 Å². The summed E-state index contributed by atoms with van der Waals surface area (Å²) in [6.45, 7) is 8.00. The molecule has 0 saturated carbocycles. The molecule has 3 rings (SSSR count). The first-order valence-electron chi connectivity index (χ1n) is 9.55. The van der Waals surface area contributed by atoms with Gasteiger partial charge < -0.3 is 14.8 Å². The smallest absolute Gasteiger partial charge is 0.246 e. The fraction of sp³-hybridized carbons (Fsp3) is 0.409. The number of nitrogens with one attached hydrogen (secondary N) is 1. The summed E-state index contributed by atoms with van der Waals surface area (Å²) in [4.78, 5) is 15.5. The van der Waals surface area contributed by atoms with Crippen molar-refractivity contribution >= 4 is 11.6 Å². The number of hydrogen-bond donors (Lipinski definition) is 1. The molecule has 0 spiro atoms. The van der Waals surface area contributed by atoms with E-state index in [2.05, 4.69) is 10.2 Å². The maximum atomic E-state index is 13.3. The molecule has 144 valence electrons. The maximum Gasteiger partial charge on any atom is 0.246 e. The molecule has 5 nitrogen and oxygen atoms in total. The van der Waals surface area contributed by atoms with Crippen molar-refractivity contribution in [3.8, 4) is 5.75 Å². The van der Waals surface area contributed by atoms with Gasteiger partial charge in [-0.2, -0.15) is 0 Å². The Balaban J connectivity index is 1.88. The summed E-state index contributed by atoms with van der Waals surface area (Å²) >= 11 is 0. The van der Waals surface area contributed by atoms with Crippen molar-refractivity contribution in [2.75, 3.05) is 25.0 Å². The molecule has 0 bridgehead atoms. The van der Waals surface area contributed by atoms with Gasteiger partial charge in [0.2, 0.25) is 5.91 Å². The van der Waals surface area contributed by atoms with E-state index in [1.165, 1.54) is 0 Å². The van der Waals surface area contributed by atoms with Gasteiger partial charge in [-0.25, -0.2) is 0 Å². The van der Waals surface area contributed by atoms with E-state index in [1.54, 1.807) is 0 Å². The normalized spacial score (nSPS) is 21.4. The van der Waals surface area contributed by atoms with Crippen molar-refractivity contribution in [1.29, 1.82) is 0 Å². The lowest BCUT2D eigenvalue weighted by atomic mass is 10.0. The quantitative estimate of drug-likeness (QED) is 0.841. The second kappa shape index (κ2) is 9.02. The molecule has 0 aliphatic carbocycles. The van der Waals surface area contributed by atoms with Crippen LogP contribution < -0.4 is 10.1 Å². The van der Waals surface area contributed by atoms with E-state index >= 15 is 0 Å². The SMILES string of the molecule is CCOc1ccccc1NC(=O)[C@@H](c1ccccc1)N1C[C@@H](C)O[C@H](C)C1. The van der Waals surface area contributed by atoms with Crippen LogP contribution in [-0.2, 0) is 9.53 Å². The van der Waals surface area contributed by atoms with Gasteiger partial charge >= 0.3 is 0 Å². The number of carbonyl (C=O) groups excluding carboxylic acids is 1. The van der Waals surface area contributed by atoms with E-state index in [9.17, 15) is 4.79 Å². The van der Waals surface area contributed by atoms with Gasteiger partial charge in [-0.15, -0.1) is 0 Å². The van der Waals surface area contributed by atoms with Gasteiger partial charge in [-0.05, 0) is 38.5 Å². The third kappa shape index (κ3) is 4.87. The molecule has 0 unspecified atom stereocenters. The zero-order valence-corrected chi connectivity index (χ0v) is 16.2. The van der Waals surface area contributed by atoms with Crippen LogP contribution >= 0.6 is 0 Å². The highest BCUT2D eigenvalue weighted by molar-refractivity contribution is 5.96. The summed E-state index contributed by atoms with van der Waals surface area (Å²) in [5.74, 6) is 0.624. The van der Waals surface area contributed by atoms with Crippen LogP contribution in [0.5, 0.6) is 5.75 Å². The van der Waals surface area contributed by atoms with E-state index in [0.717, 1.165) is 5.56 Å². The van der Waals surface area contributed by atoms with E-state index in [-0.39, 0.29) is 24.2 Å². The van der Waals surface area contributed by atoms with E-state index in [4.69, 9.17) is 9.47 Å². The minimum atomic E-state index is -0.380. The molecule has 2 aromatic carbocycles. The van der Waals surface area contributed by atoms with E-state index < -0.39 is 0 Å². The van der Waals surface area contributed by atoms with Crippen molar-refractivity contribution in [2.45, 2.75) is 39.0 Å². The van der Waals surface area contributed by atoms with Crippen molar-refractivity contribution in [1.82, 2.24) is 4.90 Å². The minimum absolute atomic E-state index is 0.0605. The molecule has 1 saturated heterocycles. The Hall–Kier alpha value is -2.37. The lowest BCUT2D eigenvalue weighted by molar-refractivity contribution is -0.128. The molecule has 1 N–H and O–H groups in total. The van der Waals surface area contributed by atoms with Crippen LogP contribution in [0.2, 0.25) is 0 Å². The molecular weight excluding hydrogens is 340 g/mol. The number of ether oxygens (including phenoxy) is 2. The highest BCUT2D eigenvalue weighted by Crippen LogP contribution is 2.29. The topological polar surface area (TPSA) is 50.8 Å². The Kier molecular flexibility index (Phi) is 6.48. The predicted molar refractivity (Wildman–Crippen MR) is 107 cm³/mol. The van der Waals surface area contributed by atoms with Gasteiger partial charge in [-0.1, -0.05) is 42.5 Å². The van der Waals surface area contributed by atoms with E-state index in [0.29, 0.717) is 31.1 Å². The first kappa shape index (κ1) is 19.4. The van der Waals surface area contributed by atoms with E-state index in [1.807, 2.05) is 75.4 Å². The summed E-state index contributed by atoms with van der Waals surface area (Å²) in [6, 6.07) is 17.1. The number of carbonyl (C=O) groups is 1. The van der Waals surface area contributed by atoms with Gasteiger partial charge in [0.1, 0.15) is 11.8 Å². The molecule has 3 atom stereocenters. The predicted octanol–water partition coefficient (Wildman–Crippen LogP) is 3.87. The molecule has 5 heteroatoms. The Morgan fingerprint density at radius 1 is 1.11 bits per heavy atom. The van der Waals surface area contributed by atoms with Crippen molar-refractivity contribution in [3.05, 3.63) is 60.2 Å². The first-order valence-corrected chi connectivity index (χ1v) is 9.55. The molecular formula is C22H28N2O3.